The van der Waals surface area contributed by atoms with Crippen molar-refractivity contribution in [1.82, 2.24) is 14.9 Å². The fourth-order valence-corrected chi connectivity index (χ4v) is 4.58. The van der Waals surface area contributed by atoms with Crippen LogP contribution in [0.3, 0.4) is 0 Å². The van der Waals surface area contributed by atoms with Crippen molar-refractivity contribution in [1.29, 1.82) is 0 Å². The predicted octanol–water partition coefficient (Wildman–Crippen LogP) is 2.45. The largest absolute Gasteiger partial charge is 0.468 e. The molecule has 2 aromatic rings. The van der Waals surface area contributed by atoms with E-state index in [1.165, 1.54) is 12.1 Å². The van der Waals surface area contributed by atoms with Crippen LogP contribution in [0.15, 0.2) is 45.9 Å². The number of benzene rings is 1. The lowest BCUT2D eigenvalue weighted by atomic mass is 10.1. The van der Waals surface area contributed by atoms with Gasteiger partial charge in [0.05, 0.1) is 17.2 Å². The molecule has 1 atom stereocenters. The topological polar surface area (TPSA) is 91.6 Å². The first-order chi connectivity index (χ1) is 13.4. The van der Waals surface area contributed by atoms with E-state index in [1.807, 2.05) is 12.1 Å². The van der Waals surface area contributed by atoms with Gasteiger partial charge in [-0.05, 0) is 62.7 Å². The van der Waals surface area contributed by atoms with E-state index in [0.29, 0.717) is 18.7 Å². The highest BCUT2D eigenvalue weighted by molar-refractivity contribution is 7.89. The zero-order valence-electron chi connectivity index (χ0n) is 16.3. The minimum Gasteiger partial charge on any atom is -0.468 e. The zero-order valence-corrected chi connectivity index (χ0v) is 17.1. The highest BCUT2D eigenvalue weighted by Crippen LogP contribution is 2.25. The minimum absolute atomic E-state index is 0.0320. The molecule has 1 unspecified atom stereocenters. The summed E-state index contributed by atoms with van der Waals surface area (Å²) in [5.41, 5.74) is 1.09. The van der Waals surface area contributed by atoms with Gasteiger partial charge in [0.2, 0.25) is 10.0 Å². The van der Waals surface area contributed by atoms with Crippen LogP contribution in [0.5, 0.6) is 0 Å². The molecule has 7 nitrogen and oxygen atoms in total. The molecule has 2 N–H and O–H groups in total. The van der Waals surface area contributed by atoms with Crippen LogP contribution in [-0.2, 0) is 10.0 Å². The third-order valence-electron chi connectivity index (χ3n) is 5.01. The Balaban J connectivity index is 1.76. The van der Waals surface area contributed by atoms with E-state index in [1.54, 1.807) is 26.2 Å². The number of hydrogen-bond acceptors (Lipinski definition) is 5. The van der Waals surface area contributed by atoms with Crippen molar-refractivity contribution in [2.75, 3.05) is 26.2 Å². The number of amides is 1. The number of carbonyl (C=O) groups is 1. The van der Waals surface area contributed by atoms with E-state index in [2.05, 4.69) is 14.9 Å². The molecule has 1 saturated heterocycles. The Morgan fingerprint density at radius 2 is 2.00 bits per heavy atom. The minimum atomic E-state index is -3.62. The molecule has 1 aliphatic heterocycles. The molecule has 28 heavy (non-hydrogen) atoms. The first kappa shape index (κ1) is 20.6. The van der Waals surface area contributed by atoms with Crippen molar-refractivity contribution in [3.63, 3.8) is 0 Å². The number of nitrogens with one attached hydrogen (secondary N) is 2. The maximum absolute atomic E-state index is 12.8. The van der Waals surface area contributed by atoms with Crippen molar-refractivity contribution < 1.29 is 17.6 Å². The van der Waals surface area contributed by atoms with Crippen molar-refractivity contribution >= 4 is 15.9 Å². The van der Waals surface area contributed by atoms with Gasteiger partial charge in [0.25, 0.3) is 5.91 Å². The Morgan fingerprint density at radius 1 is 1.25 bits per heavy atom. The lowest BCUT2D eigenvalue weighted by Crippen LogP contribution is -2.37. The molecule has 1 fully saturated rings. The van der Waals surface area contributed by atoms with Gasteiger partial charge in [-0.1, -0.05) is 13.0 Å². The van der Waals surface area contributed by atoms with Gasteiger partial charge < -0.3 is 9.73 Å². The number of nitrogens with zero attached hydrogens (tertiary/aromatic N) is 1. The summed E-state index contributed by atoms with van der Waals surface area (Å²) >= 11 is 0. The first-order valence-electron chi connectivity index (χ1n) is 9.58. The van der Waals surface area contributed by atoms with Crippen molar-refractivity contribution in [3.05, 3.63) is 53.5 Å². The standard InChI is InChI=1S/C20H27N3O4S/c1-3-22-28(25,26)16-9-8-15(2)17(13-16)20(24)21-14-18(19-7-6-12-27-19)23-10-4-5-11-23/h6-9,12-13,18,22H,3-5,10-11,14H2,1-2H3,(H,21,24). The summed E-state index contributed by atoms with van der Waals surface area (Å²) in [5, 5.41) is 2.96. The molecule has 0 spiro atoms. The highest BCUT2D eigenvalue weighted by Gasteiger charge is 2.26. The third kappa shape index (κ3) is 4.63. The van der Waals surface area contributed by atoms with Crippen LogP contribution in [0.4, 0.5) is 0 Å². The van der Waals surface area contributed by atoms with Gasteiger partial charge in [0.15, 0.2) is 0 Å². The Hall–Kier alpha value is -2.16. The highest BCUT2D eigenvalue weighted by atomic mass is 32.2. The molecule has 3 rings (SSSR count). The predicted molar refractivity (Wildman–Crippen MR) is 107 cm³/mol. The first-order valence-corrected chi connectivity index (χ1v) is 11.1. The van der Waals surface area contributed by atoms with Crippen molar-refractivity contribution in [2.24, 2.45) is 0 Å². The Bertz CT molecular complexity index is 904. The average Bonchev–Trinajstić information content (AvgIpc) is 3.36. The second-order valence-electron chi connectivity index (χ2n) is 6.96. The van der Waals surface area contributed by atoms with Gasteiger partial charge in [-0.2, -0.15) is 0 Å². The van der Waals surface area contributed by atoms with Crippen LogP contribution < -0.4 is 10.0 Å². The average molecular weight is 406 g/mol. The number of sulfonamides is 1. The maximum atomic E-state index is 12.8. The molecular formula is C20H27N3O4S. The normalized spacial score (nSPS) is 16.2. The van der Waals surface area contributed by atoms with E-state index < -0.39 is 10.0 Å². The smallest absolute Gasteiger partial charge is 0.251 e. The third-order valence-corrected chi connectivity index (χ3v) is 6.55. The van der Waals surface area contributed by atoms with Crippen LogP contribution in [0.25, 0.3) is 0 Å². The molecule has 1 amide bonds. The van der Waals surface area contributed by atoms with E-state index in [4.69, 9.17) is 4.42 Å². The molecule has 2 heterocycles. The van der Waals surface area contributed by atoms with E-state index >= 15 is 0 Å². The summed E-state index contributed by atoms with van der Waals surface area (Å²) < 4.78 is 32.5. The summed E-state index contributed by atoms with van der Waals surface area (Å²) in [4.78, 5) is 15.2. The number of likely N-dealkylation sites (tertiary alicyclic amines) is 1. The summed E-state index contributed by atoms with van der Waals surface area (Å²) in [6, 6.07) is 8.34. The lowest BCUT2D eigenvalue weighted by Gasteiger charge is -2.26. The van der Waals surface area contributed by atoms with Gasteiger partial charge in [-0.25, -0.2) is 13.1 Å². The maximum Gasteiger partial charge on any atom is 0.251 e. The van der Waals surface area contributed by atoms with Crippen LogP contribution in [0.2, 0.25) is 0 Å². The number of furan rings is 1. The molecule has 0 aliphatic carbocycles. The fraction of sp³-hybridized carbons (Fsp3) is 0.450. The summed E-state index contributed by atoms with van der Waals surface area (Å²) in [7, 11) is -3.62. The monoisotopic (exact) mass is 405 g/mol. The van der Waals surface area contributed by atoms with Gasteiger partial charge >= 0.3 is 0 Å². The SMILES string of the molecule is CCNS(=O)(=O)c1ccc(C)c(C(=O)NCC(c2ccco2)N2CCCC2)c1. The molecule has 1 aromatic carbocycles. The molecule has 0 bridgehead atoms. The number of hydrogen-bond donors (Lipinski definition) is 2. The summed E-state index contributed by atoms with van der Waals surface area (Å²) in [6.45, 7) is 6.14. The molecule has 0 radical (unpaired) electrons. The summed E-state index contributed by atoms with van der Waals surface area (Å²) in [5.74, 6) is 0.532. The van der Waals surface area contributed by atoms with Crippen LogP contribution >= 0.6 is 0 Å². The lowest BCUT2D eigenvalue weighted by molar-refractivity contribution is 0.0933. The Morgan fingerprint density at radius 3 is 2.64 bits per heavy atom. The molecule has 8 heteroatoms. The molecule has 152 valence electrons. The fourth-order valence-electron chi connectivity index (χ4n) is 3.51. The Labute approximate surface area is 166 Å². The summed E-state index contributed by atoms with van der Waals surface area (Å²) in [6.07, 6.45) is 3.91. The second kappa shape index (κ2) is 8.89. The van der Waals surface area contributed by atoms with Crippen LogP contribution in [-0.4, -0.2) is 45.4 Å². The number of rotatable bonds is 8. The van der Waals surface area contributed by atoms with Crippen LogP contribution in [0, 0.1) is 6.92 Å². The van der Waals surface area contributed by atoms with Crippen molar-refractivity contribution in [2.45, 2.75) is 37.6 Å². The van der Waals surface area contributed by atoms with E-state index in [0.717, 1.165) is 37.3 Å². The van der Waals surface area contributed by atoms with Gasteiger partial charge in [-0.3, -0.25) is 9.69 Å². The van der Waals surface area contributed by atoms with Gasteiger partial charge in [0, 0.05) is 18.7 Å². The van der Waals surface area contributed by atoms with Gasteiger partial charge in [-0.15, -0.1) is 0 Å². The number of aryl methyl sites for hydroxylation is 1. The Kier molecular flexibility index (Phi) is 6.53. The molecule has 1 aliphatic rings. The van der Waals surface area contributed by atoms with Gasteiger partial charge in [0.1, 0.15) is 5.76 Å². The molecule has 1 aromatic heterocycles. The quantitative estimate of drug-likeness (QED) is 0.704. The molecular weight excluding hydrogens is 378 g/mol. The molecule has 0 saturated carbocycles. The van der Waals surface area contributed by atoms with E-state index in [-0.39, 0.29) is 16.8 Å². The van der Waals surface area contributed by atoms with Crippen molar-refractivity contribution in [3.8, 4) is 0 Å². The van der Waals surface area contributed by atoms with E-state index in [9.17, 15) is 13.2 Å². The zero-order chi connectivity index (χ0) is 20.1. The van der Waals surface area contributed by atoms with Crippen LogP contribution in [0.1, 0.15) is 47.5 Å². The number of carbonyl (C=O) groups excluding carboxylic acids is 1. The second-order valence-corrected chi connectivity index (χ2v) is 8.73.